The van der Waals surface area contributed by atoms with E-state index < -0.39 is 0 Å². The lowest BCUT2D eigenvalue weighted by Crippen LogP contribution is -2.03. The number of benzene rings is 1. The van der Waals surface area contributed by atoms with Crippen LogP contribution in [0.15, 0.2) is 12.1 Å². The smallest absolute Gasteiger partial charge is 0.122 e. The molecule has 1 aromatic carbocycles. The van der Waals surface area contributed by atoms with Crippen molar-refractivity contribution in [3.8, 4) is 5.75 Å². The van der Waals surface area contributed by atoms with Crippen LogP contribution in [0.4, 0.5) is 0 Å². The van der Waals surface area contributed by atoms with Gasteiger partial charge in [0.15, 0.2) is 0 Å². The lowest BCUT2D eigenvalue weighted by atomic mass is 9.94. The highest BCUT2D eigenvalue weighted by atomic mass is 16.5. The molecule has 0 saturated carbocycles. The van der Waals surface area contributed by atoms with Gasteiger partial charge in [0.2, 0.25) is 0 Å². The number of methoxy groups -OCH3 is 1. The van der Waals surface area contributed by atoms with Gasteiger partial charge in [-0.2, -0.15) is 0 Å². The van der Waals surface area contributed by atoms with Gasteiger partial charge in [-0.1, -0.05) is 19.9 Å². The Morgan fingerprint density at radius 1 is 1.31 bits per heavy atom. The highest BCUT2D eigenvalue weighted by molar-refractivity contribution is 5.43. The summed E-state index contributed by atoms with van der Waals surface area (Å²) in [4.78, 5) is 0. The van der Waals surface area contributed by atoms with Crippen molar-refractivity contribution in [3.63, 3.8) is 0 Å². The molecule has 0 aromatic heterocycles. The number of hydrogen-bond acceptors (Lipinski definition) is 2. The van der Waals surface area contributed by atoms with E-state index in [2.05, 4.69) is 32.9 Å². The van der Waals surface area contributed by atoms with Crippen LogP contribution in [-0.2, 0) is 6.42 Å². The molecule has 0 spiro atoms. The highest BCUT2D eigenvalue weighted by Gasteiger charge is 2.10. The summed E-state index contributed by atoms with van der Waals surface area (Å²) in [7, 11) is 1.74. The molecule has 0 amide bonds. The molecule has 90 valence electrons. The first-order chi connectivity index (χ1) is 7.60. The topological polar surface area (TPSA) is 35.2 Å². The average molecular weight is 221 g/mol. The van der Waals surface area contributed by atoms with Crippen LogP contribution < -0.4 is 10.5 Å². The van der Waals surface area contributed by atoms with E-state index in [1.165, 1.54) is 16.7 Å². The fourth-order valence-electron chi connectivity index (χ4n) is 1.94. The van der Waals surface area contributed by atoms with E-state index in [9.17, 15) is 0 Å². The molecule has 0 atom stereocenters. The van der Waals surface area contributed by atoms with E-state index in [1.54, 1.807) is 7.11 Å². The van der Waals surface area contributed by atoms with Crippen molar-refractivity contribution in [1.29, 1.82) is 0 Å². The normalized spacial score (nSPS) is 10.9. The standard InChI is InChI=1S/C14H23NO/c1-10(2)13-9-12(6-5-7-15)11(3)8-14(13)16-4/h8-10H,5-7,15H2,1-4H3. The van der Waals surface area contributed by atoms with Crippen molar-refractivity contribution in [2.45, 2.75) is 39.5 Å². The second kappa shape index (κ2) is 5.90. The average Bonchev–Trinajstić information content (AvgIpc) is 2.26. The van der Waals surface area contributed by atoms with Crippen molar-refractivity contribution in [2.75, 3.05) is 13.7 Å². The molecule has 0 aliphatic rings. The van der Waals surface area contributed by atoms with E-state index >= 15 is 0 Å². The Morgan fingerprint density at radius 3 is 2.50 bits per heavy atom. The van der Waals surface area contributed by atoms with Crippen molar-refractivity contribution in [3.05, 3.63) is 28.8 Å². The van der Waals surface area contributed by atoms with Gasteiger partial charge in [-0.25, -0.2) is 0 Å². The molecule has 2 heteroatoms. The Bertz CT molecular complexity index is 345. The summed E-state index contributed by atoms with van der Waals surface area (Å²) in [5.41, 5.74) is 9.55. The van der Waals surface area contributed by atoms with E-state index in [4.69, 9.17) is 10.5 Å². The van der Waals surface area contributed by atoms with Gasteiger partial charge < -0.3 is 10.5 Å². The summed E-state index contributed by atoms with van der Waals surface area (Å²) in [5.74, 6) is 1.50. The first-order valence-electron chi connectivity index (χ1n) is 5.97. The minimum absolute atomic E-state index is 0.493. The van der Waals surface area contributed by atoms with Crippen LogP contribution in [0.25, 0.3) is 0 Å². The van der Waals surface area contributed by atoms with Gasteiger partial charge >= 0.3 is 0 Å². The number of aryl methyl sites for hydroxylation is 2. The first kappa shape index (κ1) is 13.0. The van der Waals surface area contributed by atoms with Crippen LogP contribution in [0.5, 0.6) is 5.75 Å². The molecule has 1 aromatic rings. The maximum absolute atomic E-state index is 5.56. The van der Waals surface area contributed by atoms with Crippen LogP contribution in [-0.4, -0.2) is 13.7 Å². The molecule has 0 bridgehead atoms. The Morgan fingerprint density at radius 2 is 2.00 bits per heavy atom. The van der Waals surface area contributed by atoms with Gasteiger partial charge in [-0.05, 0) is 55.0 Å². The Hall–Kier alpha value is -1.02. The molecular weight excluding hydrogens is 198 g/mol. The van der Waals surface area contributed by atoms with Gasteiger partial charge in [0.1, 0.15) is 5.75 Å². The second-order valence-electron chi connectivity index (χ2n) is 4.57. The van der Waals surface area contributed by atoms with Gasteiger partial charge in [-0.3, -0.25) is 0 Å². The third-order valence-corrected chi connectivity index (χ3v) is 2.96. The predicted octanol–water partition coefficient (Wildman–Crippen LogP) is 3.02. The van der Waals surface area contributed by atoms with Crippen LogP contribution in [0.2, 0.25) is 0 Å². The highest BCUT2D eigenvalue weighted by Crippen LogP contribution is 2.29. The molecule has 0 radical (unpaired) electrons. The van der Waals surface area contributed by atoms with Crippen LogP contribution in [0.3, 0.4) is 0 Å². The molecule has 16 heavy (non-hydrogen) atoms. The molecule has 0 unspecified atom stereocenters. The number of hydrogen-bond donors (Lipinski definition) is 1. The maximum atomic E-state index is 5.56. The molecule has 1 rings (SSSR count). The summed E-state index contributed by atoms with van der Waals surface area (Å²) in [6.45, 7) is 7.28. The third-order valence-electron chi connectivity index (χ3n) is 2.96. The van der Waals surface area contributed by atoms with Crippen LogP contribution >= 0.6 is 0 Å². The molecule has 0 saturated heterocycles. The summed E-state index contributed by atoms with van der Waals surface area (Å²) in [5, 5.41) is 0. The summed E-state index contributed by atoms with van der Waals surface area (Å²) < 4.78 is 5.42. The lowest BCUT2D eigenvalue weighted by molar-refractivity contribution is 0.407. The molecule has 0 fully saturated rings. The quantitative estimate of drug-likeness (QED) is 0.829. The zero-order valence-corrected chi connectivity index (χ0v) is 10.8. The molecule has 0 aliphatic carbocycles. The summed E-state index contributed by atoms with van der Waals surface area (Å²) in [6.07, 6.45) is 2.11. The molecular formula is C14H23NO. The Kier molecular flexibility index (Phi) is 4.81. The maximum Gasteiger partial charge on any atom is 0.122 e. The predicted molar refractivity (Wildman–Crippen MR) is 69.2 cm³/mol. The largest absolute Gasteiger partial charge is 0.496 e. The third kappa shape index (κ3) is 2.99. The van der Waals surface area contributed by atoms with Crippen LogP contribution in [0, 0.1) is 6.92 Å². The fourth-order valence-corrected chi connectivity index (χ4v) is 1.94. The fraction of sp³-hybridized carbons (Fsp3) is 0.571. The van der Waals surface area contributed by atoms with Crippen molar-refractivity contribution >= 4 is 0 Å². The van der Waals surface area contributed by atoms with E-state index in [-0.39, 0.29) is 0 Å². The summed E-state index contributed by atoms with van der Waals surface area (Å²) >= 11 is 0. The van der Waals surface area contributed by atoms with Crippen LogP contribution in [0.1, 0.15) is 42.9 Å². The monoisotopic (exact) mass is 221 g/mol. The van der Waals surface area contributed by atoms with Crippen molar-refractivity contribution in [1.82, 2.24) is 0 Å². The first-order valence-corrected chi connectivity index (χ1v) is 5.97. The number of rotatable bonds is 5. The van der Waals surface area contributed by atoms with Gasteiger partial charge in [0.05, 0.1) is 7.11 Å². The zero-order valence-electron chi connectivity index (χ0n) is 10.8. The Balaban J connectivity index is 3.06. The summed E-state index contributed by atoms with van der Waals surface area (Å²) in [6, 6.07) is 4.41. The molecule has 0 aliphatic heterocycles. The molecule has 0 heterocycles. The number of ether oxygens (including phenoxy) is 1. The van der Waals surface area contributed by atoms with Crippen molar-refractivity contribution < 1.29 is 4.74 Å². The second-order valence-corrected chi connectivity index (χ2v) is 4.57. The van der Waals surface area contributed by atoms with Gasteiger partial charge in [0.25, 0.3) is 0 Å². The van der Waals surface area contributed by atoms with E-state index in [0.29, 0.717) is 5.92 Å². The van der Waals surface area contributed by atoms with E-state index in [0.717, 1.165) is 25.1 Å². The van der Waals surface area contributed by atoms with Crippen molar-refractivity contribution in [2.24, 2.45) is 5.73 Å². The van der Waals surface area contributed by atoms with Gasteiger partial charge in [0, 0.05) is 0 Å². The van der Waals surface area contributed by atoms with Gasteiger partial charge in [-0.15, -0.1) is 0 Å². The molecule has 2 N–H and O–H groups in total. The Labute approximate surface area is 98.8 Å². The number of nitrogens with two attached hydrogens (primary N) is 1. The zero-order chi connectivity index (χ0) is 12.1. The molecule has 2 nitrogen and oxygen atoms in total. The minimum Gasteiger partial charge on any atom is -0.496 e. The van der Waals surface area contributed by atoms with E-state index in [1.807, 2.05) is 0 Å². The lowest BCUT2D eigenvalue weighted by Gasteiger charge is -2.16. The minimum atomic E-state index is 0.493. The SMILES string of the molecule is COc1cc(C)c(CCCN)cc1C(C)C.